The summed E-state index contributed by atoms with van der Waals surface area (Å²) in [5.74, 6) is 1.08. The molecule has 0 saturated carbocycles. The lowest BCUT2D eigenvalue weighted by Crippen LogP contribution is -2.31. The summed E-state index contributed by atoms with van der Waals surface area (Å²) in [6, 6.07) is 15.4. The second kappa shape index (κ2) is 10.7. The highest BCUT2D eigenvalue weighted by Gasteiger charge is 2.24. The average molecular weight is 485 g/mol. The van der Waals surface area contributed by atoms with Gasteiger partial charge in [0.2, 0.25) is 5.91 Å². The second-order valence-corrected chi connectivity index (χ2v) is 9.22. The van der Waals surface area contributed by atoms with E-state index in [0.717, 1.165) is 10.5 Å². The van der Waals surface area contributed by atoms with Crippen LogP contribution < -0.4 is 14.4 Å². The fourth-order valence-electron chi connectivity index (χ4n) is 3.25. The number of hydrogen-bond donors (Lipinski definition) is 0. The summed E-state index contributed by atoms with van der Waals surface area (Å²) in [5.41, 5.74) is 1.53. The van der Waals surface area contributed by atoms with Crippen LogP contribution in [-0.2, 0) is 16.1 Å². The summed E-state index contributed by atoms with van der Waals surface area (Å²) in [7, 11) is 0. The number of amides is 1. The van der Waals surface area contributed by atoms with E-state index in [4.69, 9.17) is 14.2 Å². The highest BCUT2D eigenvalue weighted by atomic mass is 32.2. The van der Waals surface area contributed by atoms with Crippen LogP contribution in [0.1, 0.15) is 27.9 Å². The molecule has 0 N–H and O–H groups in total. The van der Waals surface area contributed by atoms with Gasteiger partial charge in [-0.1, -0.05) is 41.7 Å². The van der Waals surface area contributed by atoms with E-state index in [0.29, 0.717) is 47.0 Å². The van der Waals surface area contributed by atoms with Gasteiger partial charge in [0.25, 0.3) is 0 Å². The van der Waals surface area contributed by atoms with Crippen molar-refractivity contribution in [1.82, 2.24) is 4.98 Å². The van der Waals surface area contributed by atoms with E-state index in [1.54, 1.807) is 18.7 Å². The summed E-state index contributed by atoms with van der Waals surface area (Å²) < 4.78 is 16.3. The Morgan fingerprint density at radius 2 is 1.88 bits per heavy atom. The standard InChI is InChI=1S/C24H24N2O5S2/c1-3-29-23(28)22-16(2)25-24(33-22)26(14-17-7-5-4-6-8-17)21(27)15-32-18-9-10-19-20(13-18)31-12-11-30-19/h4-10,13H,3,11-12,14-15H2,1-2H3. The molecular formula is C24H24N2O5S2. The number of hydrogen-bond acceptors (Lipinski definition) is 8. The zero-order valence-electron chi connectivity index (χ0n) is 18.4. The number of esters is 1. The Hall–Kier alpha value is -3.04. The molecule has 0 spiro atoms. The Kier molecular flexibility index (Phi) is 7.51. The van der Waals surface area contributed by atoms with Crippen molar-refractivity contribution in [3.63, 3.8) is 0 Å². The van der Waals surface area contributed by atoms with E-state index in [1.165, 1.54) is 23.1 Å². The van der Waals surface area contributed by atoms with Crippen LogP contribution in [0.4, 0.5) is 5.13 Å². The molecule has 0 saturated heterocycles. The minimum absolute atomic E-state index is 0.108. The van der Waals surface area contributed by atoms with Crippen LogP contribution >= 0.6 is 23.1 Å². The van der Waals surface area contributed by atoms with Crippen LogP contribution in [0.2, 0.25) is 0 Å². The molecule has 172 valence electrons. The van der Waals surface area contributed by atoms with Crippen LogP contribution in [0.25, 0.3) is 0 Å². The molecule has 33 heavy (non-hydrogen) atoms. The van der Waals surface area contributed by atoms with E-state index in [9.17, 15) is 9.59 Å². The Balaban J connectivity index is 1.54. The maximum atomic E-state index is 13.3. The van der Waals surface area contributed by atoms with Gasteiger partial charge in [-0.3, -0.25) is 9.69 Å². The number of thioether (sulfide) groups is 1. The molecule has 0 fully saturated rings. The highest BCUT2D eigenvalue weighted by Crippen LogP contribution is 2.35. The van der Waals surface area contributed by atoms with Crippen LogP contribution in [0.3, 0.4) is 0 Å². The molecule has 1 aliphatic heterocycles. The molecule has 7 nitrogen and oxygen atoms in total. The Morgan fingerprint density at radius 3 is 2.64 bits per heavy atom. The number of rotatable bonds is 8. The monoisotopic (exact) mass is 484 g/mol. The first-order valence-corrected chi connectivity index (χ1v) is 12.4. The smallest absolute Gasteiger partial charge is 0.350 e. The van der Waals surface area contributed by atoms with Crippen LogP contribution in [0, 0.1) is 6.92 Å². The van der Waals surface area contributed by atoms with Crippen LogP contribution in [0.15, 0.2) is 53.4 Å². The molecule has 3 aromatic rings. The third-order valence-corrected chi connectivity index (χ3v) is 6.98. The molecule has 0 aliphatic carbocycles. The van der Waals surface area contributed by atoms with Gasteiger partial charge in [0.05, 0.1) is 24.6 Å². The lowest BCUT2D eigenvalue weighted by Gasteiger charge is -2.21. The first-order valence-electron chi connectivity index (χ1n) is 10.6. The van der Waals surface area contributed by atoms with Gasteiger partial charge in [0.1, 0.15) is 18.1 Å². The molecule has 2 heterocycles. The molecular weight excluding hydrogens is 460 g/mol. The molecule has 0 atom stereocenters. The minimum Gasteiger partial charge on any atom is -0.486 e. The lowest BCUT2D eigenvalue weighted by molar-refractivity contribution is -0.116. The van der Waals surface area contributed by atoms with Crippen LogP contribution in [0.5, 0.6) is 11.5 Å². The zero-order chi connectivity index (χ0) is 23.2. The average Bonchev–Trinajstić information content (AvgIpc) is 3.23. The number of nitrogens with zero attached hydrogens (tertiary/aromatic N) is 2. The number of anilines is 1. The van der Waals surface area contributed by atoms with Crippen molar-refractivity contribution in [1.29, 1.82) is 0 Å². The van der Waals surface area contributed by atoms with Crippen molar-refractivity contribution in [2.75, 3.05) is 30.5 Å². The molecule has 4 rings (SSSR count). The van der Waals surface area contributed by atoms with Gasteiger partial charge >= 0.3 is 5.97 Å². The lowest BCUT2D eigenvalue weighted by atomic mass is 10.2. The first kappa shape index (κ1) is 23.1. The third-order valence-electron chi connectivity index (χ3n) is 4.84. The summed E-state index contributed by atoms with van der Waals surface area (Å²) in [6.45, 7) is 5.20. The number of carbonyl (C=O) groups is 2. The highest BCUT2D eigenvalue weighted by molar-refractivity contribution is 8.00. The summed E-state index contributed by atoms with van der Waals surface area (Å²) in [4.78, 5) is 33.1. The Morgan fingerprint density at radius 1 is 1.12 bits per heavy atom. The van der Waals surface area contributed by atoms with E-state index in [2.05, 4.69) is 4.98 Å². The molecule has 1 amide bonds. The van der Waals surface area contributed by atoms with Crippen molar-refractivity contribution < 1.29 is 23.8 Å². The maximum absolute atomic E-state index is 13.3. The number of aromatic nitrogens is 1. The van der Waals surface area contributed by atoms with Crippen molar-refractivity contribution in [2.24, 2.45) is 0 Å². The SMILES string of the molecule is CCOC(=O)c1sc(N(Cc2ccccc2)C(=O)CSc2ccc3c(c2)OCCO3)nc1C. The second-order valence-electron chi connectivity index (χ2n) is 7.19. The number of carbonyl (C=O) groups excluding carboxylic acids is 2. The van der Waals surface area contributed by atoms with Gasteiger partial charge in [-0.2, -0.15) is 0 Å². The number of thiazole rings is 1. The summed E-state index contributed by atoms with van der Waals surface area (Å²) in [5, 5.41) is 0.479. The van der Waals surface area contributed by atoms with E-state index >= 15 is 0 Å². The summed E-state index contributed by atoms with van der Waals surface area (Å²) in [6.07, 6.45) is 0. The first-order chi connectivity index (χ1) is 16.0. The maximum Gasteiger partial charge on any atom is 0.350 e. The van der Waals surface area contributed by atoms with Crippen LogP contribution in [-0.4, -0.2) is 42.4 Å². The number of fused-ring (bicyclic) bond motifs is 1. The molecule has 0 unspecified atom stereocenters. The largest absolute Gasteiger partial charge is 0.486 e. The predicted octanol–water partition coefficient (Wildman–Crippen LogP) is 4.72. The van der Waals surface area contributed by atoms with E-state index in [1.807, 2.05) is 48.5 Å². The third kappa shape index (κ3) is 5.66. The molecule has 0 radical (unpaired) electrons. The molecule has 1 aliphatic rings. The van der Waals surface area contributed by atoms with Gasteiger partial charge in [-0.25, -0.2) is 9.78 Å². The zero-order valence-corrected chi connectivity index (χ0v) is 20.0. The van der Waals surface area contributed by atoms with Crippen molar-refractivity contribution in [2.45, 2.75) is 25.3 Å². The van der Waals surface area contributed by atoms with Gasteiger partial charge in [-0.05, 0) is 37.6 Å². The topological polar surface area (TPSA) is 78.0 Å². The predicted molar refractivity (Wildman–Crippen MR) is 129 cm³/mol. The fraction of sp³-hybridized carbons (Fsp3) is 0.292. The minimum atomic E-state index is -0.420. The molecule has 1 aromatic heterocycles. The Labute approximate surface area is 200 Å². The normalized spacial score (nSPS) is 12.3. The van der Waals surface area contributed by atoms with Crippen molar-refractivity contribution in [3.8, 4) is 11.5 Å². The fourth-order valence-corrected chi connectivity index (χ4v) is 5.03. The van der Waals surface area contributed by atoms with Crippen molar-refractivity contribution >= 4 is 40.1 Å². The van der Waals surface area contributed by atoms with Gasteiger partial charge < -0.3 is 14.2 Å². The number of benzene rings is 2. The van der Waals surface area contributed by atoms with E-state index < -0.39 is 5.97 Å². The van der Waals surface area contributed by atoms with Gasteiger partial charge in [0.15, 0.2) is 16.6 Å². The van der Waals surface area contributed by atoms with E-state index in [-0.39, 0.29) is 18.3 Å². The van der Waals surface area contributed by atoms with Crippen molar-refractivity contribution in [3.05, 3.63) is 64.7 Å². The van der Waals surface area contributed by atoms with Gasteiger partial charge in [0, 0.05) is 4.90 Å². The number of aryl methyl sites for hydroxylation is 1. The molecule has 2 aromatic carbocycles. The summed E-state index contributed by atoms with van der Waals surface area (Å²) >= 11 is 2.60. The molecule has 0 bridgehead atoms. The Bertz CT molecular complexity index is 1130. The molecule has 9 heteroatoms. The van der Waals surface area contributed by atoms with Gasteiger partial charge in [-0.15, -0.1) is 11.8 Å². The number of ether oxygens (including phenoxy) is 3. The quantitative estimate of drug-likeness (QED) is 0.338.